The largest absolute Gasteiger partial charge is 0.338 e. The fourth-order valence-electron chi connectivity index (χ4n) is 3.81. The third-order valence-corrected chi connectivity index (χ3v) is 5.14. The summed E-state index contributed by atoms with van der Waals surface area (Å²) in [5.41, 5.74) is 2.82. The normalized spacial score (nSPS) is 20.2. The highest BCUT2D eigenvalue weighted by atomic mass is 16.2. The van der Waals surface area contributed by atoms with E-state index in [1.807, 2.05) is 25.1 Å². The fraction of sp³-hybridized carbons (Fsp3) is 0.579. The van der Waals surface area contributed by atoms with E-state index in [9.17, 15) is 9.59 Å². The summed E-state index contributed by atoms with van der Waals surface area (Å²) in [4.78, 5) is 28.9. The van der Waals surface area contributed by atoms with Gasteiger partial charge in [-0.15, -0.1) is 0 Å². The van der Waals surface area contributed by atoms with Crippen LogP contribution in [0, 0.1) is 0 Å². The van der Waals surface area contributed by atoms with Crippen molar-refractivity contribution in [3.8, 4) is 0 Å². The van der Waals surface area contributed by atoms with Crippen molar-refractivity contribution in [2.45, 2.75) is 45.6 Å². The minimum atomic E-state index is -0.0748. The first-order valence-electron chi connectivity index (χ1n) is 9.37. The molecule has 1 atom stereocenters. The van der Waals surface area contributed by atoms with Gasteiger partial charge in [0.15, 0.2) is 0 Å². The van der Waals surface area contributed by atoms with Crippen LogP contribution in [0.15, 0.2) is 18.2 Å². The van der Waals surface area contributed by atoms with Crippen molar-refractivity contribution in [3.05, 3.63) is 23.8 Å². The van der Waals surface area contributed by atoms with E-state index in [0.29, 0.717) is 13.1 Å². The molecular formula is C19H28N4O2. The highest BCUT2D eigenvalue weighted by Gasteiger charge is 2.28. The van der Waals surface area contributed by atoms with Crippen molar-refractivity contribution in [1.82, 2.24) is 10.2 Å². The first-order valence-corrected chi connectivity index (χ1v) is 9.37. The summed E-state index contributed by atoms with van der Waals surface area (Å²) in [6.45, 7) is 7.19. The minimum Gasteiger partial charge on any atom is -0.338 e. The average molecular weight is 344 g/mol. The SMILES string of the molecule is CCNC(=O)N1CCc2ccc(NC(=O)C3CCCCN3CC)cc21. The van der Waals surface area contributed by atoms with E-state index in [0.717, 1.165) is 55.7 Å². The van der Waals surface area contributed by atoms with E-state index in [1.54, 1.807) is 4.90 Å². The number of piperidine rings is 1. The molecule has 0 aliphatic carbocycles. The van der Waals surface area contributed by atoms with Crippen molar-refractivity contribution in [3.63, 3.8) is 0 Å². The van der Waals surface area contributed by atoms with E-state index in [1.165, 1.54) is 0 Å². The van der Waals surface area contributed by atoms with Crippen LogP contribution in [0.5, 0.6) is 0 Å². The summed E-state index contributed by atoms with van der Waals surface area (Å²) in [6.07, 6.45) is 4.03. The monoisotopic (exact) mass is 344 g/mol. The Morgan fingerprint density at radius 3 is 2.80 bits per heavy atom. The molecule has 0 saturated carbocycles. The second kappa shape index (κ2) is 7.87. The number of fused-ring (bicyclic) bond motifs is 1. The fourth-order valence-corrected chi connectivity index (χ4v) is 3.81. The highest BCUT2D eigenvalue weighted by molar-refractivity contribution is 5.98. The maximum Gasteiger partial charge on any atom is 0.321 e. The molecular weight excluding hydrogens is 316 g/mol. The number of likely N-dealkylation sites (tertiary alicyclic amines) is 1. The first kappa shape index (κ1) is 17.7. The molecule has 2 aliphatic rings. The Morgan fingerprint density at radius 1 is 1.20 bits per heavy atom. The number of urea groups is 1. The van der Waals surface area contributed by atoms with Crippen LogP contribution in [0.25, 0.3) is 0 Å². The molecule has 3 amide bonds. The summed E-state index contributed by atoms with van der Waals surface area (Å²) >= 11 is 0. The number of benzene rings is 1. The van der Waals surface area contributed by atoms with Gasteiger partial charge >= 0.3 is 6.03 Å². The molecule has 6 nitrogen and oxygen atoms in total. The molecule has 0 bridgehead atoms. The van der Waals surface area contributed by atoms with E-state index < -0.39 is 0 Å². The molecule has 2 heterocycles. The number of hydrogen-bond acceptors (Lipinski definition) is 3. The van der Waals surface area contributed by atoms with Crippen molar-refractivity contribution in [2.24, 2.45) is 0 Å². The average Bonchev–Trinajstić information content (AvgIpc) is 3.05. The van der Waals surface area contributed by atoms with Gasteiger partial charge in [0.05, 0.1) is 11.7 Å². The third kappa shape index (κ3) is 3.79. The zero-order valence-corrected chi connectivity index (χ0v) is 15.2. The van der Waals surface area contributed by atoms with Crippen molar-refractivity contribution >= 4 is 23.3 Å². The van der Waals surface area contributed by atoms with Crippen LogP contribution in [-0.4, -0.2) is 49.1 Å². The molecule has 2 aliphatic heterocycles. The lowest BCUT2D eigenvalue weighted by Gasteiger charge is -2.33. The zero-order valence-electron chi connectivity index (χ0n) is 15.2. The lowest BCUT2D eigenvalue weighted by atomic mass is 10.0. The molecule has 0 spiro atoms. The summed E-state index contributed by atoms with van der Waals surface area (Å²) in [5, 5.41) is 5.90. The maximum absolute atomic E-state index is 12.7. The van der Waals surface area contributed by atoms with Gasteiger partial charge in [-0.1, -0.05) is 19.4 Å². The highest BCUT2D eigenvalue weighted by Crippen LogP contribution is 2.31. The molecule has 0 aromatic heterocycles. The molecule has 0 radical (unpaired) electrons. The van der Waals surface area contributed by atoms with Crippen LogP contribution < -0.4 is 15.5 Å². The van der Waals surface area contributed by atoms with Gasteiger partial charge in [-0.05, 0) is 57.0 Å². The predicted octanol–water partition coefficient (Wildman–Crippen LogP) is 2.59. The van der Waals surface area contributed by atoms with Crippen LogP contribution in [0.3, 0.4) is 0 Å². The van der Waals surface area contributed by atoms with E-state index >= 15 is 0 Å². The minimum absolute atomic E-state index is 0.0495. The number of amides is 3. The maximum atomic E-state index is 12.7. The number of nitrogens with one attached hydrogen (secondary N) is 2. The van der Waals surface area contributed by atoms with Gasteiger partial charge in [0.2, 0.25) is 5.91 Å². The number of likely N-dealkylation sites (N-methyl/N-ethyl adjacent to an activating group) is 1. The van der Waals surface area contributed by atoms with Crippen LogP contribution in [0.2, 0.25) is 0 Å². The summed E-state index contributed by atoms with van der Waals surface area (Å²) in [6, 6.07) is 5.76. The second-order valence-electron chi connectivity index (χ2n) is 6.71. The van der Waals surface area contributed by atoms with Crippen molar-refractivity contribution < 1.29 is 9.59 Å². The standard InChI is InChI=1S/C19H28N4O2/c1-3-20-19(25)23-12-10-14-8-9-15(13-17(14)23)21-18(24)16-7-5-6-11-22(16)4-2/h8-9,13,16H,3-7,10-12H2,1-2H3,(H,20,25)(H,21,24). The van der Waals surface area contributed by atoms with E-state index in [2.05, 4.69) is 22.5 Å². The van der Waals surface area contributed by atoms with E-state index in [4.69, 9.17) is 0 Å². The number of hydrogen-bond donors (Lipinski definition) is 2. The van der Waals surface area contributed by atoms with Gasteiger partial charge in [0.25, 0.3) is 0 Å². The Labute approximate surface area is 149 Å². The second-order valence-corrected chi connectivity index (χ2v) is 6.71. The van der Waals surface area contributed by atoms with Gasteiger partial charge in [0.1, 0.15) is 0 Å². The molecule has 1 aromatic rings. The third-order valence-electron chi connectivity index (χ3n) is 5.14. The Kier molecular flexibility index (Phi) is 5.58. The number of carbonyl (C=O) groups is 2. The summed E-state index contributed by atoms with van der Waals surface area (Å²) in [5.74, 6) is 0.0593. The van der Waals surface area contributed by atoms with Crippen LogP contribution >= 0.6 is 0 Å². The first-order chi connectivity index (χ1) is 12.1. The smallest absolute Gasteiger partial charge is 0.321 e. The summed E-state index contributed by atoms with van der Waals surface area (Å²) < 4.78 is 0. The lowest BCUT2D eigenvalue weighted by molar-refractivity contribution is -0.122. The van der Waals surface area contributed by atoms with Crippen molar-refractivity contribution in [1.29, 1.82) is 0 Å². The van der Waals surface area contributed by atoms with Crippen LogP contribution in [0.1, 0.15) is 38.7 Å². The van der Waals surface area contributed by atoms with Gasteiger partial charge in [-0.2, -0.15) is 0 Å². The lowest BCUT2D eigenvalue weighted by Crippen LogP contribution is -2.46. The Morgan fingerprint density at radius 2 is 2.04 bits per heavy atom. The van der Waals surface area contributed by atoms with Crippen LogP contribution in [-0.2, 0) is 11.2 Å². The Balaban J connectivity index is 1.73. The Hall–Kier alpha value is -2.08. The quantitative estimate of drug-likeness (QED) is 0.882. The number of carbonyl (C=O) groups excluding carboxylic acids is 2. The van der Waals surface area contributed by atoms with Gasteiger partial charge in [-0.25, -0.2) is 4.79 Å². The molecule has 2 N–H and O–H groups in total. The molecule has 6 heteroatoms. The van der Waals surface area contributed by atoms with Gasteiger partial charge in [-0.3, -0.25) is 14.6 Å². The zero-order chi connectivity index (χ0) is 17.8. The van der Waals surface area contributed by atoms with Gasteiger partial charge < -0.3 is 10.6 Å². The molecule has 1 unspecified atom stereocenters. The number of anilines is 2. The molecule has 136 valence electrons. The summed E-state index contributed by atoms with van der Waals surface area (Å²) in [7, 11) is 0. The molecule has 1 fully saturated rings. The molecule has 1 saturated heterocycles. The van der Waals surface area contributed by atoms with E-state index in [-0.39, 0.29) is 18.0 Å². The van der Waals surface area contributed by atoms with Gasteiger partial charge in [0, 0.05) is 18.8 Å². The number of nitrogens with zero attached hydrogens (tertiary/aromatic N) is 2. The van der Waals surface area contributed by atoms with Crippen molar-refractivity contribution in [2.75, 3.05) is 36.4 Å². The Bertz CT molecular complexity index is 646. The van der Waals surface area contributed by atoms with Crippen LogP contribution in [0.4, 0.5) is 16.2 Å². The molecule has 3 rings (SSSR count). The predicted molar refractivity (Wildman–Crippen MR) is 100 cm³/mol. The molecule has 25 heavy (non-hydrogen) atoms. The topological polar surface area (TPSA) is 64.7 Å². The molecule has 1 aromatic carbocycles. The number of rotatable bonds is 4.